The molecule has 0 aliphatic heterocycles. The van der Waals surface area contributed by atoms with Crippen LogP contribution in [-0.2, 0) is 9.05 Å². The summed E-state index contributed by atoms with van der Waals surface area (Å²) in [5.41, 5.74) is 2.22. The lowest BCUT2D eigenvalue weighted by Gasteiger charge is -2.06. The van der Waals surface area contributed by atoms with Crippen LogP contribution in [0.4, 0.5) is 0 Å². The second kappa shape index (κ2) is 4.40. The quantitative estimate of drug-likeness (QED) is 0.796. The highest BCUT2D eigenvalue weighted by molar-refractivity contribution is 8.13. The average Bonchev–Trinajstić information content (AvgIpc) is 2.63. The number of benzene rings is 1. The maximum absolute atomic E-state index is 11.4. The average molecular weight is 288 g/mol. The Morgan fingerprint density at radius 1 is 1.29 bits per heavy atom. The summed E-state index contributed by atoms with van der Waals surface area (Å²) in [7, 11) is 1.67. The Kier molecular flexibility index (Phi) is 3.25. The van der Waals surface area contributed by atoms with E-state index in [1.54, 1.807) is 13.0 Å². The fourth-order valence-electron chi connectivity index (χ4n) is 1.64. The summed E-state index contributed by atoms with van der Waals surface area (Å²) in [4.78, 5) is 4.49. The maximum Gasteiger partial charge on any atom is 0.261 e. The minimum Gasteiger partial charge on any atom is -0.242 e. The predicted octanol–water partition coefficient (Wildman–Crippen LogP) is 3.35. The molecule has 0 saturated heterocycles. The number of nitrogens with zero attached hydrogens (tertiary/aromatic N) is 1. The normalized spacial score (nSPS) is 11.7. The molecular weight excluding hydrogens is 278 g/mol. The first-order chi connectivity index (χ1) is 7.89. The molecule has 0 aliphatic rings. The molecule has 0 atom stereocenters. The molecule has 2 rings (SSSR count). The molecule has 0 spiro atoms. The number of aromatic nitrogens is 1. The van der Waals surface area contributed by atoms with Gasteiger partial charge in [-0.3, -0.25) is 0 Å². The third-order valence-corrected chi connectivity index (χ3v) is 4.68. The third-order valence-electron chi connectivity index (χ3n) is 2.44. The van der Waals surface area contributed by atoms with E-state index in [1.165, 1.54) is 17.4 Å². The van der Waals surface area contributed by atoms with Crippen LogP contribution >= 0.6 is 22.0 Å². The van der Waals surface area contributed by atoms with Crippen molar-refractivity contribution in [1.82, 2.24) is 4.98 Å². The summed E-state index contributed by atoms with van der Waals surface area (Å²) in [6.07, 6.45) is 0. The molecule has 2 aromatic rings. The van der Waals surface area contributed by atoms with E-state index >= 15 is 0 Å². The molecule has 1 heterocycles. The zero-order valence-electron chi connectivity index (χ0n) is 9.27. The standard InChI is InChI=1S/C11H10ClNO2S2/c1-7-9(10-6-16-8(2)13-10)4-3-5-11(7)17(12,14)15/h3-6H,1-2H3. The van der Waals surface area contributed by atoms with Gasteiger partial charge >= 0.3 is 0 Å². The molecule has 1 aromatic carbocycles. The van der Waals surface area contributed by atoms with Crippen LogP contribution in [0.15, 0.2) is 28.5 Å². The van der Waals surface area contributed by atoms with Crippen LogP contribution in [0.25, 0.3) is 11.3 Å². The molecule has 0 saturated carbocycles. The van der Waals surface area contributed by atoms with Gasteiger partial charge in [-0.15, -0.1) is 11.3 Å². The van der Waals surface area contributed by atoms with Gasteiger partial charge in [-0.05, 0) is 25.5 Å². The van der Waals surface area contributed by atoms with Crippen LogP contribution in [0.2, 0.25) is 0 Å². The summed E-state index contributed by atoms with van der Waals surface area (Å²) in [6, 6.07) is 5.02. The summed E-state index contributed by atoms with van der Waals surface area (Å²) >= 11 is 1.53. The largest absolute Gasteiger partial charge is 0.261 e. The van der Waals surface area contributed by atoms with Crippen LogP contribution in [0, 0.1) is 13.8 Å². The van der Waals surface area contributed by atoms with E-state index in [0.29, 0.717) is 5.56 Å². The Morgan fingerprint density at radius 2 is 2.00 bits per heavy atom. The smallest absolute Gasteiger partial charge is 0.242 e. The van der Waals surface area contributed by atoms with E-state index in [4.69, 9.17) is 10.7 Å². The monoisotopic (exact) mass is 287 g/mol. The number of halogens is 1. The maximum atomic E-state index is 11.4. The number of rotatable bonds is 2. The van der Waals surface area contributed by atoms with Crippen molar-refractivity contribution in [3.8, 4) is 11.3 Å². The Hall–Kier alpha value is -0.910. The Morgan fingerprint density at radius 3 is 2.53 bits per heavy atom. The molecule has 0 aliphatic carbocycles. The van der Waals surface area contributed by atoms with Crippen molar-refractivity contribution in [3.05, 3.63) is 34.2 Å². The molecule has 0 unspecified atom stereocenters. The Labute approximate surface area is 109 Å². The number of aryl methyl sites for hydroxylation is 1. The van der Waals surface area contributed by atoms with Crippen LogP contribution in [0.5, 0.6) is 0 Å². The lowest BCUT2D eigenvalue weighted by molar-refractivity contribution is 0.609. The van der Waals surface area contributed by atoms with Gasteiger partial charge in [-0.1, -0.05) is 12.1 Å². The van der Waals surface area contributed by atoms with Crippen molar-refractivity contribution >= 4 is 31.1 Å². The predicted molar refractivity (Wildman–Crippen MR) is 70.1 cm³/mol. The third kappa shape index (κ3) is 2.51. The van der Waals surface area contributed by atoms with Gasteiger partial charge in [0.25, 0.3) is 9.05 Å². The lowest BCUT2D eigenvalue weighted by atomic mass is 10.1. The van der Waals surface area contributed by atoms with Gasteiger partial charge < -0.3 is 0 Å². The minimum absolute atomic E-state index is 0.141. The van der Waals surface area contributed by atoms with Gasteiger partial charge in [-0.2, -0.15) is 0 Å². The van der Waals surface area contributed by atoms with E-state index in [1.807, 2.05) is 18.4 Å². The van der Waals surface area contributed by atoms with Crippen molar-refractivity contribution in [3.63, 3.8) is 0 Å². The van der Waals surface area contributed by atoms with Gasteiger partial charge in [0.15, 0.2) is 0 Å². The molecule has 0 amide bonds. The van der Waals surface area contributed by atoms with Gasteiger partial charge in [0.05, 0.1) is 15.6 Å². The molecule has 0 bridgehead atoms. The molecule has 6 heteroatoms. The van der Waals surface area contributed by atoms with Crippen molar-refractivity contribution in [2.24, 2.45) is 0 Å². The zero-order valence-corrected chi connectivity index (χ0v) is 11.7. The highest BCUT2D eigenvalue weighted by Gasteiger charge is 2.16. The second-order valence-electron chi connectivity index (χ2n) is 3.62. The summed E-state index contributed by atoms with van der Waals surface area (Å²) < 4.78 is 22.8. The van der Waals surface area contributed by atoms with Gasteiger partial charge in [0.2, 0.25) is 0 Å². The molecule has 3 nitrogen and oxygen atoms in total. The SMILES string of the molecule is Cc1nc(-c2cccc(S(=O)(=O)Cl)c2C)cs1. The first-order valence-electron chi connectivity index (χ1n) is 4.86. The van der Waals surface area contributed by atoms with Crippen molar-refractivity contribution in [2.45, 2.75) is 18.7 Å². The topological polar surface area (TPSA) is 47.0 Å². The summed E-state index contributed by atoms with van der Waals surface area (Å²) in [5.74, 6) is 0. The lowest BCUT2D eigenvalue weighted by Crippen LogP contribution is -1.96. The Balaban J connectivity index is 2.65. The zero-order chi connectivity index (χ0) is 12.6. The molecular formula is C11H10ClNO2S2. The number of hydrogen-bond donors (Lipinski definition) is 0. The highest BCUT2D eigenvalue weighted by Crippen LogP contribution is 2.30. The molecule has 0 radical (unpaired) electrons. The summed E-state index contributed by atoms with van der Waals surface area (Å²) in [5, 5.41) is 2.85. The van der Waals surface area contributed by atoms with E-state index in [0.717, 1.165) is 16.3 Å². The van der Waals surface area contributed by atoms with Gasteiger partial charge in [0, 0.05) is 21.6 Å². The first-order valence-corrected chi connectivity index (χ1v) is 8.05. The van der Waals surface area contributed by atoms with Crippen molar-refractivity contribution in [1.29, 1.82) is 0 Å². The summed E-state index contributed by atoms with van der Waals surface area (Å²) in [6.45, 7) is 3.64. The fraction of sp³-hybridized carbons (Fsp3) is 0.182. The van der Waals surface area contributed by atoms with Gasteiger partial charge in [0.1, 0.15) is 0 Å². The first kappa shape index (κ1) is 12.5. The molecule has 0 fully saturated rings. The second-order valence-corrected chi connectivity index (χ2v) is 7.21. The van der Waals surface area contributed by atoms with Crippen LogP contribution in [0.3, 0.4) is 0 Å². The number of thiazole rings is 1. The molecule has 1 aromatic heterocycles. The van der Waals surface area contributed by atoms with Crippen molar-refractivity contribution in [2.75, 3.05) is 0 Å². The Bertz CT molecular complexity index is 662. The van der Waals surface area contributed by atoms with Crippen molar-refractivity contribution < 1.29 is 8.42 Å². The van der Waals surface area contributed by atoms with E-state index < -0.39 is 9.05 Å². The van der Waals surface area contributed by atoms with E-state index in [-0.39, 0.29) is 4.90 Å². The van der Waals surface area contributed by atoms with Crippen LogP contribution in [-0.4, -0.2) is 13.4 Å². The van der Waals surface area contributed by atoms with E-state index in [2.05, 4.69) is 4.98 Å². The minimum atomic E-state index is -3.71. The van der Waals surface area contributed by atoms with E-state index in [9.17, 15) is 8.42 Å². The van der Waals surface area contributed by atoms with Gasteiger partial charge in [-0.25, -0.2) is 13.4 Å². The molecule has 17 heavy (non-hydrogen) atoms. The molecule has 0 N–H and O–H groups in total. The van der Waals surface area contributed by atoms with Crippen LogP contribution < -0.4 is 0 Å². The number of hydrogen-bond acceptors (Lipinski definition) is 4. The van der Waals surface area contributed by atoms with Crippen LogP contribution in [0.1, 0.15) is 10.6 Å². The fourth-order valence-corrected chi connectivity index (χ4v) is 3.47. The molecule has 90 valence electrons. The highest BCUT2D eigenvalue weighted by atomic mass is 35.7.